The zero-order valence-electron chi connectivity index (χ0n) is 5.54. The van der Waals surface area contributed by atoms with Crippen LogP contribution in [-0.2, 0) is 0 Å². The third-order valence-corrected chi connectivity index (χ3v) is 1.27. The van der Waals surface area contributed by atoms with E-state index in [0.29, 0.717) is 11.5 Å². The average Bonchev–Trinajstić information content (AvgIpc) is 1.95. The van der Waals surface area contributed by atoms with Crippen molar-refractivity contribution in [3.8, 4) is 0 Å². The first-order valence-electron chi connectivity index (χ1n) is 2.88. The van der Waals surface area contributed by atoms with Crippen LogP contribution in [0.15, 0.2) is 18.8 Å². The summed E-state index contributed by atoms with van der Waals surface area (Å²) in [7, 11) is 0. The normalized spacial score (nSPS) is 9.20. The molecular formula is C7H9N3. The van der Waals surface area contributed by atoms with Crippen LogP contribution in [0.1, 0.15) is 5.56 Å². The van der Waals surface area contributed by atoms with Gasteiger partial charge in [-0.15, -0.1) is 0 Å². The highest BCUT2D eigenvalue weighted by Crippen LogP contribution is 2.16. The predicted molar refractivity (Wildman–Crippen MR) is 43.2 cm³/mol. The highest BCUT2D eigenvalue weighted by atomic mass is 14.9. The standard InChI is InChI=1S/C7H9N3/c1-2-5-3-4-10-7(9)6(5)8/h2-4H,1,8H2,(H2,9,10). The molecule has 0 spiro atoms. The molecule has 0 unspecified atom stereocenters. The maximum absolute atomic E-state index is 5.53. The van der Waals surface area contributed by atoms with E-state index in [-0.39, 0.29) is 0 Å². The number of hydrogen-bond donors (Lipinski definition) is 2. The van der Waals surface area contributed by atoms with Crippen molar-refractivity contribution in [1.82, 2.24) is 4.98 Å². The summed E-state index contributed by atoms with van der Waals surface area (Å²) in [5.74, 6) is 0.359. The lowest BCUT2D eigenvalue weighted by Gasteiger charge is -2.00. The average molecular weight is 135 g/mol. The molecule has 0 fully saturated rings. The molecule has 1 heterocycles. The molecule has 3 nitrogen and oxygen atoms in total. The van der Waals surface area contributed by atoms with Crippen LogP contribution in [0.2, 0.25) is 0 Å². The summed E-state index contributed by atoms with van der Waals surface area (Å²) >= 11 is 0. The number of nitrogen functional groups attached to an aromatic ring is 2. The Morgan fingerprint density at radius 3 is 2.70 bits per heavy atom. The number of hydrogen-bond acceptors (Lipinski definition) is 3. The van der Waals surface area contributed by atoms with Gasteiger partial charge < -0.3 is 11.5 Å². The van der Waals surface area contributed by atoms with Gasteiger partial charge in [-0.1, -0.05) is 12.7 Å². The molecule has 0 saturated carbocycles. The van der Waals surface area contributed by atoms with Crippen LogP contribution in [0.5, 0.6) is 0 Å². The van der Waals surface area contributed by atoms with E-state index in [9.17, 15) is 0 Å². The molecule has 0 aliphatic heterocycles. The molecule has 52 valence electrons. The number of nitrogens with zero attached hydrogens (tertiary/aromatic N) is 1. The Bertz CT molecular complexity index is 255. The van der Waals surface area contributed by atoms with Gasteiger partial charge in [-0.2, -0.15) is 0 Å². The molecule has 0 amide bonds. The molecule has 10 heavy (non-hydrogen) atoms. The van der Waals surface area contributed by atoms with Gasteiger partial charge in [0.1, 0.15) is 5.82 Å². The fraction of sp³-hybridized carbons (Fsp3) is 0. The van der Waals surface area contributed by atoms with E-state index in [4.69, 9.17) is 11.5 Å². The molecule has 0 bridgehead atoms. The third kappa shape index (κ3) is 0.932. The van der Waals surface area contributed by atoms with Crippen LogP contribution in [-0.4, -0.2) is 4.98 Å². The Labute approximate surface area is 59.4 Å². The monoisotopic (exact) mass is 135 g/mol. The summed E-state index contributed by atoms with van der Waals surface area (Å²) in [6, 6.07) is 1.76. The van der Waals surface area contributed by atoms with Crippen LogP contribution in [0, 0.1) is 0 Å². The lowest BCUT2D eigenvalue weighted by Crippen LogP contribution is -1.98. The van der Waals surface area contributed by atoms with Gasteiger partial charge >= 0.3 is 0 Å². The van der Waals surface area contributed by atoms with Crippen molar-refractivity contribution < 1.29 is 0 Å². The summed E-state index contributed by atoms with van der Waals surface area (Å²) in [5, 5.41) is 0. The Morgan fingerprint density at radius 2 is 2.20 bits per heavy atom. The van der Waals surface area contributed by atoms with Gasteiger partial charge in [0.25, 0.3) is 0 Å². The van der Waals surface area contributed by atoms with Crippen LogP contribution in [0.4, 0.5) is 11.5 Å². The molecule has 1 aromatic rings. The lowest BCUT2D eigenvalue weighted by molar-refractivity contribution is 1.33. The van der Waals surface area contributed by atoms with Crippen molar-refractivity contribution in [3.05, 3.63) is 24.4 Å². The highest BCUT2D eigenvalue weighted by molar-refractivity contribution is 5.71. The second-order valence-corrected chi connectivity index (χ2v) is 1.90. The fourth-order valence-electron chi connectivity index (χ4n) is 0.683. The van der Waals surface area contributed by atoms with E-state index in [1.165, 1.54) is 0 Å². The first kappa shape index (κ1) is 6.61. The SMILES string of the molecule is C=Cc1ccnc(N)c1N. The zero-order chi connectivity index (χ0) is 7.56. The zero-order valence-corrected chi connectivity index (χ0v) is 5.54. The molecule has 1 rings (SSSR count). The minimum absolute atomic E-state index is 0.359. The molecular weight excluding hydrogens is 126 g/mol. The third-order valence-electron chi connectivity index (χ3n) is 1.27. The molecule has 0 saturated heterocycles. The van der Waals surface area contributed by atoms with Crippen molar-refractivity contribution >= 4 is 17.6 Å². The van der Waals surface area contributed by atoms with Gasteiger partial charge in [-0.3, -0.25) is 0 Å². The second-order valence-electron chi connectivity index (χ2n) is 1.90. The summed E-state index contributed by atoms with van der Waals surface area (Å²) < 4.78 is 0. The minimum atomic E-state index is 0.359. The van der Waals surface area contributed by atoms with E-state index in [1.807, 2.05) is 0 Å². The topological polar surface area (TPSA) is 64.9 Å². The molecule has 0 aliphatic carbocycles. The lowest BCUT2D eigenvalue weighted by atomic mass is 10.2. The smallest absolute Gasteiger partial charge is 0.147 e. The second kappa shape index (κ2) is 2.39. The van der Waals surface area contributed by atoms with Crippen LogP contribution < -0.4 is 11.5 Å². The number of anilines is 2. The first-order valence-corrected chi connectivity index (χ1v) is 2.88. The summed E-state index contributed by atoms with van der Waals surface area (Å²) in [4.78, 5) is 3.79. The number of pyridine rings is 1. The summed E-state index contributed by atoms with van der Waals surface area (Å²) in [6.45, 7) is 3.57. The van der Waals surface area contributed by atoms with E-state index in [2.05, 4.69) is 11.6 Å². The summed E-state index contributed by atoms with van der Waals surface area (Å²) in [6.07, 6.45) is 3.25. The molecule has 4 N–H and O–H groups in total. The van der Waals surface area contributed by atoms with Crippen molar-refractivity contribution in [2.75, 3.05) is 11.5 Å². The highest BCUT2D eigenvalue weighted by Gasteiger charge is 1.97. The Kier molecular flexibility index (Phi) is 1.58. The molecule has 0 radical (unpaired) electrons. The van der Waals surface area contributed by atoms with Crippen molar-refractivity contribution in [3.63, 3.8) is 0 Å². The number of rotatable bonds is 1. The van der Waals surface area contributed by atoms with E-state index < -0.39 is 0 Å². The number of aromatic nitrogens is 1. The molecule has 1 aromatic heterocycles. The Morgan fingerprint density at radius 1 is 1.50 bits per heavy atom. The molecule has 0 aliphatic rings. The Hall–Kier alpha value is -1.51. The molecule has 3 heteroatoms. The summed E-state index contributed by atoms with van der Waals surface area (Å²) in [5.41, 5.74) is 12.3. The van der Waals surface area contributed by atoms with Crippen molar-refractivity contribution in [2.24, 2.45) is 0 Å². The van der Waals surface area contributed by atoms with Crippen LogP contribution in [0.3, 0.4) is 0 Å². The van der Waals surface area contributed by atoms with Gasteiger partial charge in [0.05, 0.1) is 5.69 Å². The van der Waals surface area contributed by atoms with Gasteiger partial charge in [0, 0.05) is 11.8 Å². The fourth-order valence-corrected chi connectivity index (χ4v) is 0.683. The van der Waals surface area contributed by atoms with E-state index in [0.717, 1.165) is 5.56 Å². The first-order chi connectivity index (χ1) is 4.75. The van der Waals surface area contributed by atoms with E-state index >= 15 is 0 Å². The molecule has 0 atom stereocenters. The quantitative estimate of drug-likeness (QED) is 0.601. The molecule has 0 aromatic carbocycles. The van der Waals surface area contributed by atoms with Crippen molar-refractivity contribution in [1.29, 1.82) is 0 Å². The van der Waals surface area contributed by atoms with Gasteiger partial charge in [0.15, 0.2) is 0 Å². The maximum atomic E-state index is 5.53. The van der Waals surface area contributed by atoms with E-state index in [1.54, 1.807) is 18.3 Å². The van der Waals surface area contributed by atoms with Crippen LogP contribution in [0.25, 0.3) is 6.08 Å². The Balaban J connectivity index is 3.27. The minimum Gasteiger partial charge on any atom is -0.395 e. The van der Waals surface area contributed by atoms with Gasteiger partial charge in [-0.25, -0.2) is 4.98 Å². The maximum Gasteiger partial charge on any atom is 0.147 e. The number of nitrogens with two attached hydrogens (primary N) is 2. The van der Waals surface area contributed by atoms with Gasteiger partial charge in [-0.05, 0) is 6.07 Å². The van der Waals surface area contributed by atoms with Crippen LogP contribution >= 0.6 is 0 Å². The van der Waals surface area contributed by atoms with Gasteiger partial charge in [0.2, 0.25) is 0 Å². The largest absolute Gasteiger partial charge is 0.395 e. The predicted octanol–water partition coefficient (Wildman–Crippen LogP) is 0.889. The van der Waals surface area contributed by atoms with Crippen molar-refractivity contribution in [2.45, 2.75) is 0 Å².